The summed E-state index contributed by atoms with van der Waals surface area (Å²) in [5.74, 6) is -0.183. The lowest BCUT2D eigenvalue weighted by atomic mass is 10.1. The fraction of sp³-hybridized carbons (Fsp3) is 0.389. The van der Waals surface area contributed by atoms with Crippen LogP contribution in [0.15, 0.2) is 29.2 Å². The van der Waals surface area contributed by atoms with Gasteiger partial charge >= 0.3 is 6.09 Å². The second kappa shape index (κ2) is 8.47. The number of anilines is 1. The highest BCUT2D eigenvalue weighted by atomic mass is 32.2. The van der Waals surface area contributed by atoms with E-state index in [9.17, 15) is 18.0 Å². The maximum Gasteiger partial charge on any atom is 0.413 e. The molecular formula is C18H22N4O5S2. The summed E-state index contributed by atoms with van der Waals surface area (Å²) in [6, 6.07) is 5.92. The molecule has 1 aromatic carbocycles. The lowest BCUT2D eigenvalue weighted by Crippen LogP contribution is -2.35. The second-order valence-electron chi connectivity index (χ2n) is 6.52. The number of thiazole rings is 1. The predicted octanol–water partition coefficient (Wildman–Crippen LogP) is 2.16. The summed E-state index contributed by atoms with van der Waals surface area (Å²) >= 11 is 1.31. The summed E-state index contributed by atoms with van der Waals surface area (Å²) in [5, 5.41) is 3.03. The molecular weight excluding hydrogens is 416 g/mol. The normalized spacial score (nSPS) is 13.9. The van der Waals surface area contributed by atoms with Gasteiger partial charge in [0.05, 0.1) is 23.7 Å². The van der Waals surface area contributed by atoms with E-state index in [0.717, 1.165) is 14.9 Å². The molecule has 1 aromatic heterocycles. The monoisotopic (exact) mass is 438 g/mol. The van der Waals surface area contributed by atoms with Crippen LogP contribution in [0.5, 0.6) is 0 Å². The minimum Gasteiger partial charge on any atom is -0.450 e. The number of fused-ring (bicyclic) bond motifs is 1. The smallest absolute Gasteiger partial charge is 0.413 e. The number of aromatic nitrogens is 1. The number of nitrogens with zero attached hydrogens (tertiary/aromatic N) is 3. The summed E-state index contributed by atoms with van der Waals surface area (Å²) in [5.41, 5.74) is 1.28. The molecule has 0 saturated heterocycles. The Kier molecular flexibility index (Phi) is 6.20. The number of rotatable bonds is 5. The summed E-state index contributed by atoms with van der Waals surface area (Å²) in [6.07, 6.45) is 0.0223. The fourth-order valence-corrected chi connectivity index (χ4v) is 4.75. The number of hydrogen-bond donors (Lipinski definition) is 1. The molecule has 2 amide bonds. The van der Waals surface area contributed by atoms with Crippen molar-refractivity contribution in [3.05, 3.63) is 40.4 Å². The lowest BCUT2D eigenvalue weighted by Gasteiger charge is -2.26. The Morgan fingerprint density at radius 3 is 2.59 bits per heavy atom. The molecule has 0 bridgehead atoms. The standard InChI is InChI=1S/C18H22N4O5S2/c1-4-27-18(24)20-17-19-14-9-10-22(11-15(14)28-17)16(23)12-5-7-13(8-6-12)29(25,26)21(2)3/h5-8H,4,9-11H2,1-3H3,(H,19,20,24). The van der Waals surface area contributed by atoms with E-state index in [-0.39, 0.29) is 17.4 Å². The highest BCUT2D eigenvalue weighted by molar-refractivity contribution is 7.89. The van der Waals surface area contributed by atoms with Gasteiger partial charge in [-0.05, 0) is 31.2 Å². The highest BCUT2D eigenvalue weighted by Gasteiger charge is 2.26. The zero-order chi connectivity index (χ0) is 21.2. The molecule has 3 rings (SSSR count). The van der Waals surface area contributed by atoms with Crippen molar-refractivity contribution >= 4 is 38.5 Å². The number of carbonyl (C=O) groups excluding carboxylic acids is 2. The lowest BCUT2D eigenvalue weighted by molar-refractivity contribution is 0.0736. The van der Waals surface area contributed by atoms with Crippen molar-refractivity contribution in [2.45, 2.75) is 24.8 Å². The molecule has 11 heteroatoms. The van der Waals surface area contributed by atoms with Gasteiger partial charge in [-0.2, -0.15) is 0 Å². The quantitative estimate of drug-likeness (QED) is 0.766. The third-order valence-electron chi connectivity index (χ3n) is 4.38. The summed E-state index contributed by atoms with van der Waals surface area (Å²) in [4.78, 5) is 31.5. The zero-order valence-corrected chi connectivity index (χ0v) is 18.0. The van der Waals surface area contributed by atoms with Crippen LogP contribution >= 0.6 is 11.3 Å². The highest BCUT2D eigenvalue weighted by Crippen LogP contribution is 2.29. The Balaban J connectivity index is 1.71. The van der Waals surface area contributed by atoms with Crippen LogP contribution in [0.2, 0.25) is 0 Å². The van der Waals surface area contributed by atoms with Gasteiger partial charge in [0, 0.05) is 37.5 Å². The van der Waals surface area contributed by atoms with E-state index in [1.54, 1.807) is 11.8 Å². The van der Waals surface area contributed by atoms with Crippen LogP contribution in [-0.2, 0) is 27.7 Å². The summed E-state index contributed by atoms with van der Waals surface area (Å²) in [7, 11) is -0.622. The van der Waals surface area contributed by atoms with Crippen molar-refractivity contribution < 1.29 is 22.7 Å². The molecule has 0 saturated carbocycles. The maximum absolute atomic E-state index is 12.8. The first-order valence-corrected chi connectivity index (χ1v) is 11.2. The van der Waals surface area contributed by atoms with Crippen molar-refractivity contribution in [3.63, 3.8) is 0 Å². The van der Waals surface area contributed by atoms with E-state index in [0.29, 0.717) is 30.2 Å². The SMILES string of the molecule is CCOC(=O)Nc1nc2c(s1)CN(C(=O)c1ccc(S(=O)(=O)N(C)C)cc1)CC2. The van der Waals surface area contributed by atoms with E-state index >= 15 is 0 Å². The van der Waals surface area contributed by atoms with E-state index in [4.69, 9.17) is 4.74 Å². The molecule has 9 nitrogen and oxygen atoms in total. The number of ether oxygens (including phenoxy) is 1. The molecule has 0 fully saturated rings. The van der Waals surface area contributed by atoms with Crippen LogP contribution in [0.4, 0.5) is 9.93 Å². The van der Waals surface area contributed by atoms with E-state index in [2.05, 4.69) is 10.3 Å². The van der Waals surface area contributed by atoms with Crippen molar-refractivity contribution in [1.29, 1.82) is 0 Å². The Labute approximate surface area is 173 Å². The minimum absolute atomic E-state index is 0.136. The topological polar surface area (TPSA) is 109 Å². The molecule has 0 unspecified atom stereocenters. The summed E-state index contributed by atoms with van der Waals surface area (Å²) in [6.45, 7) is 2.87. The Hall–Kier alpha value is -2.50. The third-order valence-corrected chi connectivity index (χ3v) is 7.21. The minimum atomic E-state index is -3.54. The molecule has 0 atom stereocenters. The molecule has 29 heavy (non-hydrogen) atoms. The predicted molar refractivity (Wildman–Crippen MR) is 109 cm³/mol. The van der Waals surface area contributed by atoms with Gasteiger partial charge in [0.25, 0.3) is 5.91 Å². The van der Waals surface area contributed by atoms with Crippen molar-refractivity contribution in [2.75, 3.05) is 32.6 Å². The Morgan fingerprint density at radius 1 is 1.28 bits per heavy atom. The van der Waals surface area contributed by atoms with E-state index in [1.165, 1.54) is 49.7 Å². The van der Waals surface area contributed by atoms with E-state index in [1.807, 2.05) is 0 Å². The number of carbonyl (C=O) groups is 2. The number of nitrogens with one attached hydrogen (secondary N) is 1. The fourth-order valence-electron chi connectivity index (χ4n) is 2.84. The first-order valence-electron chi connectivity index (χ1n) is 8.96. The van der Waals surface area contributed by atoms with Gasteiger partial charge in [0.1, 0.15) is 0 Å². The van der Waals surface area contributed by atoms with E-state index < -0.39 is 16.1 Å². The molecule has 2 heterocycles. The summed E-state index contributed by atoms with van der Waals surface area (Å²) < 4.78 is 30.3. The van der Waals surface area contributed by atoms with Crippen LogP contribution < -0.4 is 5.32 Å². The first kappa shape index (κ1) is 21.2. The van der Waals surface area contributed by atoms with Crippen LogP contribution in [0.3, 0.4) is 0 Å². The van der Waals surface area contributed by atoms with Gasteiger partial charge in [-0.3, -0.25) is 10.1 Å². The maximum atomic E-state index is 12.8. The molecule has 1 N–H and O–H groups in total. The Bertz CT molecular complexity index is 1020. The van der Waals surface area contributed by atoms with Crippen molar-refractivity contribution in [1.82, 2.24) is 14.2 Å². The van der Waals surface area contributed by atoms with Gasteiger partial charge in [-0.25, -0.2) is 22.5 Å². The van der Waals surface area contributed by atoms with Gasteiger partial charge in [-0.15, -0.1) is 0 Å². The average molecular weight is 439 g/mol. The number of hydrogen-bond acceptors (Lipinski definition) is 7. The van der Waals surface area contributed by atoms with Crippen LogP contribution in [0, 0.1) is 0 Å². The van der Waals surface area contributed by atoms with Crippen LogP contribution in [-0.4, -0.2) is 61.9 Å². The molecule has 2 aromatic rings. The number of sulfonamides is 1. The van der Waals surface area contributed by atoms with Crippen LogP contribution in [0.25, 0.3) is 0 Å². The molecule has 156 valence electrons. The number of amides is 2. The largest absolute Gasteiger partial charge is 0.450 e. The molecule has 0 spiro atoms. The number of benzene rings is 1. The van der Waals surface area contributed by atoms with Crippen molar-refractivity contribution in [3.8, 4) is 0 Å². The van der Waals surface area contributed by atoms with Crippen LogP contribution in [0.1, 0.15) is 27.9 Å². The third kappa shape index (κ3) is 4.57. The average Bonchev–Trinajstić information content (AvgIpc) is 3.08. The van der Waals surface area contributed by atoms with Gasteiger partial charge in [0.15, 0.2) is 5.13 Å². The zero-order valence-electron chi connectivity index (χ0n) is 16.3. The molecule has 0 radical (unpaired) electrons. The molecule has 1 aliphatic heterocycles. The van der Waals surface area contributed by atoms with Crippen molar-refractivity contribution in [2.24, 2.45) is 0 Å². The first-order chi connectivity index (χ1) is 13.7. The van der Waals surface area contributed by atoms with Gasteiger partial charge in [0.2, 0.25) is 10.0 Å². The second-order valence-corrected chi connectivity index (χ2v) is 9.76. The molecule has 1 aliphatic rings. The Morgan fingerprint density at radius 2 is 1.97 bits per heavy atom. The van der Waals surface area contributed by atoms with Gasteiger partial charge < -0.3 is 9.64 Å². The van der Waals surface area contributed by atoms with Gasteiger partial charge in [-0.1, -0.05) is 11.3 Å². The molecule has 0 aliphatic carbocycles.